The van der Waals surface area contributed by atoms with Crippen LogP contribution in [0.5, 0.6) is 0 Å². The van der Waals surface area contributed by atoms with Gasteiger partial charge in [0, 0.05) is 44.2 Å². The van der Waals surface area contributed by atoms with Gasteiger partial charge in [0.25, 0.3) is 0 Å². The zero-order chi connectivity index (χ0) is 13.3. The summed E-state index contributed by atoms with van der Waals surface area (Å²) in [6.45, 7) is 1.85. The molecule has 0 radical (unpaired) electrons. The average Bonchev–Trinajstić information content (AvgIpc) is 2.79. The standard InChI is InChI=1S/C14H21N3O2/c1-19-14-3-2-12(18)6-13(14)17(5-4-14)9-11-7-15-10-16-8-11/h7-8,10,12-13,18H,2-6,9H2,1H3/t12-,13+,14-/m1/s1. The maximum absolute atomic E-state index is 9.94. The molecule has 1 saturated carbocycles. The third kappa shape index (κ3) is 2.38. The molecule has 1 aromatic heterocycles. The van der Waals surface area contributed by atoms with Gasteiger partial charge in [-0.2, -0.15) is 0 Å². The summed E-state index contributed by atoms with van der Waals surface area (Å²) in [5.74, 6) is 0. The van der Waals surface area contributed by atoms with Crippen molar-refractivity contribution in [3.05, 3.63) is 24.3 Å². The van der Waals surface area contributed by atoms with E-state index in [0.29, 0.717) is 6.04 Å². The molecular weight excluding hydrogens is 242 g/mol. The van der Waals surface area contributed by atoms with Gasteiger partial charge in [0.15, 0.2) is 0 Å². The highest BCUT2D eigenvalue weighted by Gasteiger charge is 2.50. The lowest BCUT2D eigenvalue weighted by Crippen LogP contribution is -2.51. The Labute approximate surface area is 113 Å². The number of aliphatic hydroxyl groups excluding tert-OH is 1. The summed E-state index contributed by atoms with van der Waals surface area (Å²) in [4.78, 5) is 10.5. The number of hydrogen-bond donors (Lipinski definition) is 1. The van der Waals surface area contributed by atoms with E-state index in [9.17, 15) is 5.11 Å². The predicted molar refractivity (Wildman–Crippen MR) is 70.4 cm³/mol. The summed E-state index contributed by atoms with van der Waals surface area (Å²) in [6, 6.07) is 0.307. The molecule has 0 unspecified atom stereocenters. The van der Waals surface area contributed by atoms with Crippen molar-refractivity contribution < 1.29 is 9.84 Å². The Kier molecular flexibility index (Phi) is 3.52. The highest BCUT2D eigenvalue weighted by Crippen LogP contribution is 2.42. The quantitative estimate of drug-likeness (QED) is 0.881. The molecule has 2 aliphatic rings. The number of aliphatic hydroxyl groups is 1. The molecule has 3 rings (SSSR count). The number of fused-ring (bicyclic) bond motifs is 1. The molecule has 5 nitrogen and oxygen atoms in total. The van der Waals surface area contributed by atoms with E-state index < -0.39 is 0 Å². The summed E-state index contributed by atoms with van der Waals surface area (Å²) in [5.41, 5.74) is 1.06. The molecule has 1 N–H and O–H groups in total. The van der Waals surface area contributed by atoms with Crippen molar-refractivity contribution in [3.63, 3.8) is 0 Å². The highest BCUT2D eigenvalue weighted by molar-refractivity contribution is 5.09. The van der Waals surface area contributed by atoms with Crippen LogP contribution in [0, 0.1) is 0 Å². The van der Waals surface area contributed by atoms with Crippen molar-refractivity contribution in [2.75, 3.05) is 13.7 Å². The van der Waals surface area contributed by atoms with E-state index in [0.717, 1.165) is 44.3 Å². The topological polar surface area (TPSA) is 58.5 Å². The number of rotatable bonds is 3. The molecule has 5 heteroatoms. The molecule has 1 aliphatic carbocycles. The largest absolute Gasteiger partial charge is 0.393 e. The number of aromatic nitrogens is 2. The van der Waals surface area contributed by atoms with E-state index in [2.05, 4.69) is 14.9 Å². The Morgan fingerprint density at radius 3 is 2.95 bits per heavy atom. The number of methoxy groups -OCH3 is 1. The second-order valence-corrected chi connectivity index (χ2v) is 5.68. The van der Waals surface area contributed by atoms with Gasteiger partial charge in [0.2, 0.25) is 0 Å². The zero-order valence-electron chi connectivity index (χ0n) is 11.3. The van der Waals surface area contributed by atoms with E-state index in [1.165, 1.54) is 0 Å². The van der Waals surface area contributed by atoms with Crippen LogP contribution in [0.25, 0.3) is 0 Å². The van der Waals surface area contributed by atoms with Crippen molar-refractivity contribution in [1.82, 2.24) is 14.9 Å². The monoisotopic (exact) mass is 263 g/mol. The maximum atomic E-state index is 9.94. The Morgan fingerprint density at radius 1 is 1.42 bits per heavy atom. The predicted octanol–water partition coefficient (Wildman–Crippen LogP) is 0.981. The second kappa shape index (κ2) is 5.15. The minimum atomic E-state index is -0.194. The van der Waals surface area contributed by atoms with E-state index >= 15 is 0 Å². The molecule has 0 aromatic carbocycles. The van der Waals surface area contributed by atoms with Crippen LogP contribution >= 0.6 is 0 Å². The van der Waals surface area contributed by atoms with Crippen LogP contribution in [0.3, 0.4) is 0 Å². The molecule has 1 aliphatic heterocycles. The van der Waals surface area contributed by atoms with E-state index in [1.54, 1.807) is 13.4 Å². The first-order valence-corrected chi connectivity index (χ1v) is 6.95. The van der Waals surface area contributed by atoms with Gasteiger partial charge >= 0.3 is 0 Å². The molecule has 2 heterocycles. The van der Waals surface area contributed by atoms with Crippen molar-refractivity contribution >= 4 is 0 Å². The summed E-state index contributed by atoms with van der Waals surface area (Å²) in [6.07, 6.45) is 8.75. The molecule has 0 spiro atoms. The first-order chi connectivity index (χ1) is 9.23. The lowest BCUT2D eigenvalue weighted by atomic mass is 9.79. The fraction of sp³-hybridized carbons (Fsp3) is 0.714. The lowest BCUT2D eigenvalue weighted by molar-refractivity contribution is -0.0879. The van der Waals surface area contributed by atoms with Crippen molar-refractivity contribution in [2.45, 2.75) is 50.0 Å². The fourth-order valence-electron chi connectivity index (χ4n) is 3.61. The molecular formula is C14H21N3O2. The Balaban J connectivity index is 1.76. The van der Waals surface area contributed by atoms with Gasteiger partial charge in [-0.3, -0.25) is 4.90 Å². The van der Waals surface area contributed by atoms with E-state index in [1.807, 2.05) is 12.4 Å². The molecule has 3 atom stereocenters. The molecule has 0 amide bonds. The van der Waals surface area contributed by atoms with Gasteiger partial charge in [0.05, 0.1) is 11.7 Å². The molecule has 1 saturated heterocycles. The first-order valence-electron chi connectivity index (χ1n) is 6.95. The van der Waals surface area contributed by atoms with Crippen LogP contribution in [-0.2, 0) is 11.3 Å². The van der Waals surface area contributed by atoms with Crippen LogP contribution in [0.1, 0.15) is 31.2 Å². The second-order valence-electron chi connectivity index (χ2n) is 5.68. The van der Waals surface area contributed by atoms with Gasteiger partial charge in [-0.15, -0.1) is 0 Å². The number of hydrogen-bond acceptors (Lipinski definition) is 5. The molecule has 19 heavy (non-hydrogen) atoms. The number of ether oxygens (including phenoxy) is 1. The third-order valence-corrected chi connectivity index (χ3v) is 4.67. The smallest absolute Gasteiger partial charge is 0.115 e. The van der Waals surface area contributed by atoms with Crippen molar-refractivity contribution in [3.8, 4) is 0 Å². The van der Waals surface area contributed by atoms with Gasteiger partial charge in [-0.1, -0.05) is 0 Å². The van der Waals surface area contributed by atoms with Crippen molar-refractivity contribution in [1.29, 1.82) is 0 Å². The lowest BCUT2D eigenvalue weighted by Gasteiger charge is -2.42. The Morgan fingerprint density at radius 2 is 2.21 bits per heavy atom. The van der Waals surface area contributed by atoms with Gasteiger partial charge in [0.1, 0.15) is 6.33 Å². The van der Waals surface area contributed by atoms with Crippen molar-refractivity contribution in [2.24, 2.45) is 0 Å². The van der Waals surface area contributed by atoms with Crippen LogP contribution < -0.4 is 0 Å². The summed E-state index contributed by atoms with van der Waals surface area (Å²) < 4.78 is 5.83. The Hall–Kier alpha value is -1.04. The van der Waals surface area contributed by atoms with Crippen LogP contribution in [-0.4, -0.2) is 51.4 Å². The highest BCUT2D eigenvalue weighted by atomic mass is 16.5. The van der Waals surface area contributed by atoms with Gasteiger partial charge < -0.3 is 9.84 Å². The van der Waals surface area contributed by atoms with E-state index in [-0.39, 0.29) is 11.7 Å². The normalized spacial score (nSPS) is 35.3. The van der Waals surface area contributed by atoms with Crippen LogP contribution in [0.2, 0.25) is 0 Å². The minimum Gasteiger partial charge on any atom is -0.393 e. The van der Waals surface area contributed by atoms with Crippen LogP contribution in [0.15, 0.2) is 18.7 Å². The molecule has 2 fully saturated rings. The maximum Gasteiger partial charge on any atom is 0.115 e. The van der Waals surface area contributed by atoms with Gasteiger partial charge in [-0.25, -0.2) is 9.97 Å². The van der Waals surface area contributed by atoms with E-state index in [4.69, 9.17) is 4.74 Å². The average molecular weight is 263 g/mol. The molecule has 104 valence electrons. The Bertz CT molecular complexity index is 428. The summed E-state index contributed by atoms with van der Waals surface area (Å²) >= 11 is 0. The van der Waals surface area contributed by atoms with Crippen LogP contribution in [0.4, 0.5) is 0 Å². The number of nitrogens with zero attached hydrogens (tertiary/aromatic N) is 3. The first kappa shape index (κ1) is 13.0. The van der Waals surface area contributed by atoms with Gasteiger partial charge in [-0.05, 0) is 25.7 Å². The summed E-state index contributed by atoms with van der Waals surface area (Å²) in [5, 5.41) is 9.94. The third-order valence-electron chi connectivity index (χ3n) is 4.67. The fourth-order valence-corrected chi connectivity index (χ4v) is 3.61. The molecule has 0 bridgehead atoms. The molecule has 1 aromatic rings. The minimum absolute atomic E-state index is 0.0606. The zero-order valence-corrected chi connectivity index (χ0v) is 11.3. The number of likely N-dealkylation sites (tertiary alicyclic amines) is 1. The summed E-state index contributed by atoms with van der Waals surface area (Å²) in [7, 11) is 1.81. The SMILES string of the molecule is CO[C@@]12CC[C@@H](O)C[C@@H]1N(Cc1cncnc1)CC2.